The van der Waals surface area contributed by atoms with Crippen LogP contribution in [0.1, 0.15) is 19.8 Å². The van der Waals surface area contributed by atoms with Crippen LogP contribution in [0.15, 0.2) is 0 Å². The molecule has 0 aromatic heterocycles. The molecule has 0 aliphatic rings. The van der Waals surface area contributed by atoms with Crippen molar-refractivity contribution >= 4 is 15.2 Å². The van der Waals surface area contributed by atoms with Crippen LogP contribution in [0.3, 0.4) is 0 Å². The summed E-state index contributed by atoms with van der Waals surface area (Å²) >= 11 is 0. The summed E-state index contributed by atoms with van der Waals surface area (Å²) in [7, 11) is -9.64. The number of hydrogen-bond acceptors (Lipinski definition) is 7. The largest absolute Gasteiger partial charge is 1.00 e. The Morgan fingerprint density at radius 2 is 1.22 bits per heavy atom. The Kier molecular flexibility index (Phi) is 27.0. The number of hydrogen-bond donors (Lipinski definition) is 0. The second kappa shape index (κ2) is 15.7. The van der Waals surface area contributed by atoms with Crippen LogP contribution in [-0.4, -0.2) is 24.0 Å². The molecule has 0 bridgehead atoms. The average molecular weight is 374 g/mol. The maximum atomic E-state index is 10.4. The molecule has 0 aliphatic carbocycles. The van der Waals surface area contributed by atoms with Gasteiger partial charge in [0.25, 0.3) is 0 Å². The molecule has 92 valence electrons. The zero-order valence-electron chi connectivity index (χ0n) is 11.3. The van der Waals surface area contributed by atoms with E-state index in [2.05, 4.69) is 0 Å². The first-order valence-electron chi connectivity index (χ1n) is 4.38. The molecule has 7 nitrogen and oxygen atoms in total. The van der Waals surface area contributed by atoms with Crippen molar-refractivity contribution in [3.8, 4) is 0 Å². The average Bonchev–Trinajstić information content (AvgIpc) is 1.94. The van der Waals surface area contributed by atoms with Gasteiger partial charge < -0.3 is 28.7 Å². The molecule has 0 spiro atoms. The Labute approximate surface area is 235 Å². The van der Waals surface area contributed by atoms with Gasteiger partial charge in [0, 0.05) is 12.6 Å². The summed E-state index contributed by atoms with van der Waals surface area (Å²) in [6.07, 6.45) is -0.594. The van der Waals surface area contributed by atoms with E-state index in [0.29, 0.717) is 12.8 Å². The van der Waals surface area contributed by atoms with Gasteiger partial charge in [0.1, 0.15) is 0 Å². The summed E-state index contributed by atoms with van der Waals surface area (Å²) in [5.41, 5.74) is 0. The van der Waals surface area contributed by atoms with Crippen LogP contribution in [0.4, 0.5) is 0 Å². The molecule has 0 N–H and O–H groups in total. The first kappa shape index (κ1) is 31.0. The van der Waals surface area contributed by atoms with E-state index in [-0.39, 0.29) is 161 Å². The van der Waals surface area contributed by atoms with Crippen molar-refractivity contribution in [2.24, 2.45) is 0 Å². The predicted molar refractivity (Wildman–Crippen MR) is 46.6 cm³/mol. The maximum Gasteiger partial charge on any atom is 1.00 e. The van der Waals surface area contributed by atoms with Crippen LogP contribution >= 0.6 is 15.2 Å². The van der Waals surface area contributed by atoms with Gasteiger partial charge in [-0.1, -0.05) is 28.5 Å². The first-order chi connectivity index (χ1) is 6.64. The van der Waals surface area contributed by atoms with Gasteiger partial charge in [0.05, 0.1) is 0 Å². The van der Waals surface area contributed by atoms with Crippen LogP contribution in [0.5, 0.6) is 0 Å². The summed E-state index contributed by atoms with van der Waals surface area (Å²) in [5.74, 6) is 0. The molecule has 0 aromatic rings. The van der Waals surface area contributed by atoms with E-state index in [1.807, 2.05) is 6.92 Å². The Morgan fingerprint density at radius 1 is 0.889 bits per heavy atom. The molecule has 18 heavy (non-hydrogen) atoms. The molecule has 0 fully saturated rings. The van der Waals surface area contributed by atoms with Crippen LogP contribution < -0.4 is 174 Å². The van der Waals surface area contributed by atoms with Crippen molar-refractivity contribution < 1.29 is 183 Å². The zero-order chi connectivity index (χ0) is 12.1. The van der Waals surface area contributed by atoms with E-state index in [1.54, 1.807) is 0 Å². The van der Waals surface area contributed by atoms with E-state index in [4.69, 9.17) is 0 Å². The number of rotatable bonds is 7. The molecule has 0 saturated heterocycles. The van der Waals surface area contributed by atoms with Gasteiger partial charge >= 0.3 is 154 Å². The molecule has 0 rings (SSSR count). The summed E-state index contributed by atoms with van der Waals surface area (Å²) < 4.78 is 20.9. The fourth-order valence-electron chi connectivity index (χ4n) is 1.06. The standard InChI is InChI=1S/C6H17NO6P2.3K/c1-2-3-4-7(5-14(8,9)10)6-15(11,12)13;;;/h2-6H2,1H3,(H2,8,9,10)(H2,11,12,13);;;/q;3*+1/p-4. The van der Waals surface area contributed by atoms with Gasteiger partial charge in [0.15, 0.2) is 0 Å². The summed E-state index contributed by atoms with van der Waals surface area (Å²) in [4.78, 5) is 42.6. The van der Waals surface area contributed by atoms with Crippen LogP contribution in [-0.2, 0) is 9.13 Å². The first-order valence-corrected chi connectivity index (χ1v) is 7.84. The maximum absolute atomic E-state index is 10.4. The van der Waals surface area contributed by atoms with Gasteiger partial charge in [0.2, 0.25) is 0 Å². The SMILES string of the molecule is CCCCN(CP(=O)([O-])[O-])CP(=O)([O-])[O-].[K+].[K+].[K+]. The number of nitrogens with zero attached hydrogens (tertiary/aromatic N) is 1. The molecule has 0 saturated carbocycles. The molecule has 0 amide bonds. The Bertz CT molecular complexity index is 258. The Hall–Kier alpha value is 5.17. The normalized spacial score (nSPS) is 11.2. The Morgan fingerprint density at radius 3 is 1.44 bits per heavy atom. The third-order valence-corrected chi connectivity index (χ3v) is 3.07. The van der Waals surface area contributed by atoms with Gasteiger partial charge in [-0.05, 0) is 13.0 Å². The van der Waals surface area contributed by atoms with Gasteiger partial charge in [-0.25, -0.2) is 0 Å². The van der Waals surface area contributed by atoms with E-state index in [1.165, 1.54) is 0 Å². The topological polar surface area (TPSA) is 130 Å². The minimum Gasteiger partial charge on any atom is -0.810 e. The summed E-state index contributed by atoms with van der Waals surface area (Å²) in [5, 5.41) is 0. The van der Waals surface area contributed by atoms with E-state index >= 15 is 0 Å². The Balaban J connectivity index is -0.000000327. The van der Waals surface area contributed by atoms with Crippen molar-refractivity contribution in [1.29, 1.82) is 0 Å². The van der Waals surface area contributed by atoms with Crippen molar-refractivity contribution in [1.82, 2.24) is 4.90 Å². The molecule has 0 aromatic carbocycles. The minimum absolute atomic E-state index is 0. The molecule has 0 atom stereocenters. The molecule has 0 aliphatic heterocycles. The summed E-state index contributed by atoms with van der Waals surface area (Å²) in [6.45, 7) is 1.93. The van der Waals surface area contributed by atoms with Crippen molar-refractivity contribution in [3.63, 3.8) is 0 Å². The van der Waals surface area contributed by atoms with E-state index < -0.39 is 27.8 Å². The monoisotopic (exact) mass is 374 g/mol. The fourth-order valence-corrected chi connectivity index (χ4v) is 2.68. The summed E-state index contributed by atoms with van der Waals surface area (Å²) in [6, 6.07) is 0. The molecule has 0 radical (unpaired) electrons. The quantitative estimate of drug-likeness (QED) is 0.319. The predicted octanol–water partition coefficient (Wildman–Crippen LogP) is -11.2. The van der Waals surface area contributed by atoms with Crippen LogP contribution in [0.25, 0.3) is 0 Å². The van der Waals surface area contributed by atoms with Gasteiger partial charge in [-0.15, -0.1) is 0 Å². The van der Waals surface area contributed by atoms with E-state index in [9.17, 15) is 28.7 Å². The molecular weight excluding hydrogens is 361 g/mol. The smallest absolute Gasteiger partial charge is 0.810 e. The van der Waals surface area contributed by atoms with Gasteiger partial charge in [-0.2, -0.15) is 0 Å². The van der Waals surface area contributed by atoms with E-state index in [0.717, 1.165) is 4.90 Å². The van der Waals surface area contributed by atoms with Crippen molar-refractivity contribution in [2.45, 2.75) is 19.8 Å². The molecule has 0 heterocycles. The second-order valence-electron chi connectivity index (χ2n) is 3.25. The third kappa shape index (κ3) is 23.4. The van der Waals surface area contributed by atoms with Crippen LogP contribution in [0.2, 0.25) is 0 Å². The van der Waals surface area contributed by atoms with Crippen molar-refractivity contribution in [3.05, 3.63) is 0 Å². The molecule has 12 heteroatoms. The third-order valence-electron chi connectivity index (χ3n) is 1.57. The zero-order valence-corrected chi connectivity index (χ0v) is 22.5. The fraction of sp³-hybridized carbons (Fsp3) is 1.00. The van der Waals surface area contributed by atoms with Gasteiger partial charge in [-0.3, -0.25) is 4.90 Å². The van der Waals surface area contributed by atoms with Crippen LogP contribution in [0, 0.1) is 0 Å². The number of unbranched alkanes of at least 4 members (excludes halogenated alkanes) is 1. The second-order valence-corrected chi connectivity index (χ2v) is 6.26. The molecule has 0 unspecified atom stereocenters. The minimum atomic E-state index is -4.82. The van der Waals surface area contributed by atoms with Crippen molar-refractivity contribution in [2.75, 3.05) is 19.1 Å². The molecular formula is C6H13K3NO6P2-.